The van der Waals surface area contributed by atoms with Crippen molar-refractivity contribution in [3.05, 3.63) is 0 Å². The summed E-state index contributed by atoms with van der Waals surface area (Å²) in [6.45, 7) is 3.48. The molecule has 0 radical (unpaired) electrons. The van der Waals surface area contributed by atoms with Crippen LogP contribution in [0.5, 0.6) is 0 Å². The molecule has 23 heavy (non-hydrogen) atoms. The first-order chi connectivity index (χ1) is 10.2. The summed E-state index contributed by atoms with van der Waals surface area (Å²) in [6.07, 6.45) is 5.17. The monoisotopic (exact) mass is 387 g/mol. The molecule has 0 aromatic rings. The van der Waals surface area contributed by atoms with E-state index in [4.69, 9.17) is 10.5 Å². The molecule has 0 bridgehead atoms. The Morgan fingerprint density at radius 3 is 2.43 bits per heavy atom. The van der Waals surface area contributed by atoms with Gasteiger partial charge in [-0.3, -0.25) is 9.69 Å². The van der Waals surface area contributed by atoms with Gasteiger partial charge in [-0.2, -0.15) is 11.8 Å². The molecule has 3 N–H and O–H groups in total. The lowest BCUT2D eigenvalue weighted by atomic mass is 9.94. The van der Waals surface area contributed by atoms with Gasteiger partial charge in [0.2, 0.25) is 5.91 Å². The lowest BCUT2D eigenvalue weighted by molar-refractivity contribution is -0.124. The molecule has 138 valence electrons. The molecular formula is C15H31Cl2N3O2S. The Hall–Kier alpha value is 0.280. The minimum absolute atomic E-state index is 0. The van der Waals surface area contributed by atoms with Crippen LogP contribution >= 0.6 is 36.6 Å². The minimum atomic E-state index is -0.170. The fourth-order valence-corrected chi connectivity index (χ4v) is 4.38. The second-order valence-electron chi connectivity index (χ2n) is 6.11. The first-order valence-electron chi connectivity index (χ1n) is 8.02. The van der Waals surface area contributed by atoms with E-state index in [0.29, 0.717) is 13.0 Å². The number of rotatable bonds is 7. The molecule has 5 nitrogen and oxygen atoms in total. The van der Waals surface area contributed by atoms with Gasteiger partial charge in [-0.15, -0.1) is 24.8 Å². The van der Waals surface area contributed by atoms with Crippen LogP contribution in [0, 0.1) is 0 Å². The lowest BCUT2D eigenvalue weighted by Gasteiger charge is -2.43. The van der Waals surface area contributed by atoms with Crippen LogP contribution < -0.4 is 11.1 Å². The number of carbonyl (C=O) groups is 1. The lowest BCUT2D eigenvalue weighted by Crippen LogP contribution is -2.56. The molecule has 1 atom stereocenters. The number of hydrogen-bond acceptors (Lipinski definition) is 5. The van der Waals surface area contributed by atoms with Gasteiger partial charge >= 0.3 is 0 Å². The Morgan fingerprint density at radius 2 is 1.91 bits per heavy atom. The van der Waals surface area contributed by atoms with Crippen molar-refractivity contribution >= 4 is 42.5 Å². The quantitative estimate of drug-likeness (QED) is 0.695. The molecule has 1 saturated heterocycles. The number of nitrogens with two attached hydrogens (primary N) is 1. The second-order valence-corrected chi connectivity index (χ2v) is 7.33. The Morgan fingerprint density at radius 1 is 1.30 bits per heavy atom. The third kappa shape index (κ3) is 6.59. The van der Waals surface area contributed by atoms with E-state index in [2.05, 4.69) is 10.2 Å². The largest absolute Gasteiger partial charge is 0.380 e. The van der Waals surface area contributed by atoms with Gasteiger partial charge in [-0.1, -0.05) is 12.8 Å². The number of hydrogen-bond donors (Lipinski definition) is 2. The van der Waals surface area contributed by atoms with Crippen molar-refractivity contribution in [3.8, 4) is 0 Å². The van der Waals surface area contributed by atoms with E-state index in [0.717, 1.165) is 19.6 Å². The SMILES string of the molecule is COC(CN)CC(=O)NCC1(N2CCSCC2)CCCC1.Cl.Cl. The van der Waals surface area contributed by atoms with Crippen molar-refractivity contribution in [1.29, 1.82) is 0 Å². The molecule has 1 heterocycles. The van der Waals surface area contributed by atoms with E-state index in [9.17, 15) is 4.79 Å². The molecule has 2 aliphatic rings. The maximum absolute atomic E-state index is 12.1. The maximum Gasteiger partial charge on any atom is 0.222 e. The smallest absolute Gasteiger partial charge is 0.222 e. The van der Waals surface area contributed by atoms with Crippen molar-refractivity contribution in [2.45, 2.75) is 43.7 Å². The highest BCUT2D eigenvalue weighted by Crippen LogP contribution is 2.36. The molecule has 1 aliphatic carbocycles. The Labute approximate surface area is 156 Å². The topological polar surface area (TPSA) is 67.6 Å². The molecular weight excluding hydrogens is 357 g/mol. The van der Waals surface area contributed by atoms with E-state index in [1.54, 1.807) is 7.11 Å². The van der Waals surface area contributed by atoms with Crippen LogP contribution in [0.25, 0.3) is 0 Å². The Kier molecular flexibility index (Phi) is 11.9. The summed E-state index contributed by atoms with van der Waals surface area (Å²) in [5.74, 6) is 2.49. The number of ether oxygens (including phenoxy) is 1. The highest BCUT2D eigenvalue weighted by atomic mass is 35.5. The van der Waals surface area contributed by atoms with Crippen molar-refractivity contribution in [2.24, 2.45) is 5.73 Å². The molecule has 0 aromatic heterocycles. The molecule has 8 heteroatoms. The van der Waals surface area contributed by atoms with Gasteiger partial charge in [0, 0.05) is 50.3 Å². The zero-order chi connectivity index (χ0) is 15.1. The van der Waals surface area contributed by atoms with Gasteiger partial charge < -0.3 is 15.8 Å². The zero-order valence-electron chi connectivity index (χ0n) is 13.9. The summed E-state index contributed by atoms with van der Waals surface area (Å²) in [4.78, 5) is 14.7. The first-order valence-corrected chi connectivity index (χ1v) is 9.18. The summed E-state index contributed by atoms with van der Waals surface area (Å²) in [5.41, 5.74) is 5.77. The van der Waals surface area contributed by atoms with E-state index in [1.165, 1.54) is 37.2 Å². The van der Waals surface area contributed by atoms with Gasteiger partial charge in [-0.05, 0) is 12.8 Å². The van der Waals surface area contributed by atoms with Gasteiger partial charge in [0.05, 0.1) is 12.5 Å². The predicted molar refractivity (Wildman–Crippen MR) is 102 cm³/mol. The Balaban J connectivity index is 0.00000242. The van der Waals surface area contributed by atoms with Crippen LogP contribution in [0.4, 0.5) is 0 Å². The molecule has 0 spiro atoms. The summed E-state index contributed by atoms with van der Waals surface area (Å²) in [6, 6.07) is 0. The molecule has 2 rings (SSSR count). The molecule has 0 aromatic carbocycles. The number of halogens is 2. The van der Waals surface area contributed by atoms with Crippen molar-refractivity contribution in [1.82, 2.24) is 10.2 Å². The maximum atomic E-state index is 12.1. The third-order valence-corrected chi connectivity index (χ3v) is 5.78. The first kappa shape index (κ1) is 23.3. The van der Waals surface area contributed by atoms with Crippen LogP contribution in [-0.4, -0.2) is 67.2 Å². The van der Waals surface area contributed by atoms with E-state index < -0.39 is 0 Å². The molecule has 2 fully saturated rings. The number of carbonyl (C=O) groups excluding carboxylic acids is 1. The van der Waals surface area contributed by atoms with Crippen molar-refractivity contribution < 1.29 is 9.53 Å². The average Bonchev–Trinajstić information content (AvgIpc) is 3.01. The van der Waals surface area contributed by atoms with Crippen LogP contribution in [0.1, 0.15) is 32.1 Å². The van der Waals surface area contributed by atoms with Gasteiger partial charge in [0.1, 0.15) is 0 Å². The van der Waals surface area contributed by atoms with Crippen LogP contribution in [0.3, 0.4) is 0 Å². The van der Waals surface area contributed by atoms with E-state index in [1.807, 2.05) is 11.8 Å². The number of nitrogens with one attached hydrogen (secondary N) is 1. The standard InChI is InChI=1S/C15H29N3O2S.2ClH/c1-20-13(11-16)10-14(19)17-12-15(4-2-3-5-15)18-6-8-21-9-7-18;;/h13H,2-12,16H2,1H3,(H,17,19);2*1H. The second kappa shape index (κ2) is 11.8. The van der Waals surface area contributed by atoms with Crippen molar-refractivity contribution in [2.75, 3.05) is 44.8 Å². The zero-order valence-corrected chi connectivity index (χ0v) is 16.4. The van der Waals surface area contributed by atoms with Gasteiger partial charge in [-0.25, -0.2) is 0 Å². The van der Waals surface area contributed by atoms with Crippen LogP contribution in [-0.2, 0) is 9.53 Å². The van der Waals surface area contributed by atoms with Gasteiger partial charge in [0.15, 0.2) is 0 Å². The summed E-state index contributed by atoms with van der Waals surface area (Å²) in [5, 5.41) is 3.14. The predicted octanol–water partition coefficient (Wildman–Crippen LogP) is 1.67. The molecule has 1 aliphatic heterocycles. The van der Waals surface area contributed by atoms with Crippen LogP contribution in [0.15, 0.2) is 0 Å². The fourth-order valence-electron chi connectivity index (χ4n) is 3.48. The Bertz CT molecular complexity index is 335. The minimum Gasteiger partial charge on any atom is -0.380 e. The molecule has 1 unspecified atom stereocenters. The number of nitrogens with zero attached hydrogens (tertiary/aromatic N) is 1. The fraction of sp³-hybridized carbons (Fsp3) is 0.933. The van der Waals surface area contributed by atoms with E-state index in [-0.39, 0.29) is 42.4 Å². The third-order valence-electron chi connectivity index (χ3n) is 4.84. The van der Waals surface area contributed by atoms with E-state index >= 15 is 0 Å². The number of methoxy groups -OCH3 is 1. The highest BCUT2D eigenvalue weighted by Gasteiger charge is 2.40. The normalized spacial score (nSPS) is 21.8. The molecule has 1 amide bonds. The highest BCUT2D eigenvalue weighted by molar-refractivity contribution is 7.99. The molecule has 1 saturated carbocycles. The summed E-state index contributed by atoms with van der Waals surface area (Å²) >= 11 is 2.04. The number of amides is 1. The van der Waals surface area contributed by atoms with Crippen LogP contribution in [0.2, 0.25) is 0 Å². The summed E-state index contributed by atoms with van der Waals surface area (Å²) in [7, 11) is 1.61. The number of thioether (sulfide) groups is 1. The van der Waals surface area contributed by atoms with Gasteiger partial charge in [0.25, 0.3) is 0 Å². The average molecular weight is 388 g/mol. The van der Waals surface area contributed by atoms with Crippen molar-refractivity contribution in [3.63, 3.8) is 0 Å². The summed E-state index contributed by atoms with van der Waals surface area (Å²) < 4.78 is 5.18.